The molecule has 2 atom stereocenters. The molecular formula is C29H21ClNO6-. The molecule has 8 heteroatoms. The van der Waals surface area contributed by atoms with Crippen LogP contribution in [0.5, 0.6) is 5.75 Å². The lowest BCUT2D eigenvalue weighted by Gasteiger charge is -2.30. The minimum absolute atomic E-state index is 0.0786. The van der Waals surface area contributed by atoms with E-state index in [0.29, 0.717) is 38.9 Å². The molecule has 0 saturated heterocycles. The Morgan fingerprint density at radius 2 is 1.73 bits per heavy atom. The average Bonchev–Trinajstić information content (AvgIpc) is 3.18. The van der Waals surface area contributed by atoms with Gasteiger partial charge in [-0.05, 0) is 35.7 Å². The van der Waals surface area contributed by atoms with E-state index in [0.717, 1.165) is 11.1 Å². The van der Waals surface area contributed by atoms with E-state index in [1.165, 1.54) is 19.2 Å². The van der Waals surface area contributed by atoms with E-state index in [1.807, 2.05) is 12.1 Å². The highest BCUT2D eigenvalue weighted by Gasteiger charge is 2.46. The lowest BCUT2D eigenvalue weighted by atomic mass is 9.75. The summed E-state index contributed by atoms with van der Waals surface area (Å²) in [5, 5.41) is 11.2. The fraction of sp³-hybridized carbons (Fsp3) is 0.172. The molecule has 1 aliphatic heterocycles. The molecule has 186 valence electrons. The lowest BCUT2D eigenvalue weighted by molar-refractivity contribution is -0.255. The van der Waals surface area contributed by atoms with Gasteiger partial charge in [0.1, 0.15) is 18.3 Å². The quantitative estimate of drug-likeness (QED) is 0.456. The summed E-state index contributed by atoms with van der Waals surface area (Å²) in [5.74, 6) is -2.92. The predicted molar refractivity (Wildman–Crippen MR) is 136 cm³/mol. The average molecular weight is 515 g/mol. The zero-order valence-corrected chi connectivity index (χ0v) is 20.7. The summed E-state index contributed by atoms with van der Waals surface area (Å²) in [6, 6.07) is 18.6. The molecule has 37 heavy (non-hydrogen) atoms. The van der Waals surface area contributed by atoms with Crippen LogP contribution in [0.4, 0.5) is 0 Å². The highest BCUT2D eigenvalue weighted by molar-refractivity contribution is 6.32. The first-order valence-electron chi connectivity index (χ1n) is 11.5. The molecule has 0 N–H and O–H groups in total. The van der Waals surface area contributed by atoms with Crippen LogP contribution in [0.1, 0.15) is 50.2 Å². The summed E-state index contributed by atoms with van der Waals surface area (Å²) in [5.41, 5.74) is 4.35. The molecule has 1 heterocycles. The van der Waals surface area contributed by atoms with Crippen molar-refractivity contribution in [1.29, 1.82) is 0 Å². The van der Waals surface area contributed by atoms with Gasteiger partial charge in [0, 0.05) is 28.3 Å². The van der Waals surface area contributed by atoms with Gasteiger partial charge in [0.05, 0.1) is 23.8 Å². The van der Waals surface area contributed by atoms with Crippen molar-refractivity contribution < 1.29 is 29.0 Å². The molecule has 5 rings (SSSR count). The van der Waals surface area contributed by atoms with Crippen molar-refractivity contribution in [3.8, 4) is 5.75 Å². The second-order valence-electron chi connectivity index (χ2n) is 8.83. The molecule has 3 aromatic rings. The molecule has 0 spiro atoms. The molecule has 0 radical (unpaired) electrons. The van der Waals surface area contributed by atoms with Gasteiger partial charge >= 0.3 is 5.97 Å². The number of Topliss-reactive ketones (excluding diaryl/α,β-unsaturated/α-hetero) is 1. The van der Waals surface area contributed by atoms with Gasteiger partial charge in [0.15, 0.2) is 5.78 Å². The topological polar surface area (TPSA) is 105 Å². The van der Waals surface area contributed by atoms with Crippen LogP contribution >= 0.6 is 11.6 Å². The summed E-state index contributed by atoms with van der Waals surface area (Å²) < 4.78 is 10.9. The standard InChI is InChI=1S/C29H22ClNO6/c1-15-23(29(35)36-2)24(25-26(31-15)19-5-3-4-6-20(19)27(25)32)18-11-12-22(21(30)13-18)37-14-16-7-9-17(10-8-16)28(33)34/h3-13,23-24H,14H2,1-2H3,(H,33,34)/p-1/t23?,24-/m1/s1. The van der Waals surface area contributed by atoms with Gasteiger partial charge in [-0.3, -0.25) is 14.6 Å². The van der Waals surface area contributed by atoms with Crippen molar-refractivity contribution in [1.82, 2.24) is 0 Å². The molecule has 1 aliphatic carbocycles. The fourth-order valence-corrected chi connectivity index (χ4v) is 5.11. The molecule has 3 aromatic carbocycles. The minimum Gasteiger partial charge on any atom is -0.545 e. The number of carbonyl (C=O) groups excluding carboxylic acids is 3. The Morgan fingerprint density at radius 1 is 1.03 bits per heavy atom. The van der Waals surface area contributed by atoms with E-state index in [2.05, 4.69) is 4.99 Å². The summed E-state index contributed by atoms with van der Waals surface area (Å²) in [6.45, 7) is 1.92. The van der Waals surface area contributed by atoms with Crippen LogP contribution in [0.3, 0.4) is 0 Å². The zero-order chi connectivity index (χ0) is 26.3. The number of nitrogens with zero attached hydrogens (tertiary/aromatic N) is 1. The number of methoxy groups -OCH3 is 1. The number of hydrogen-bond donors (Lipinski definition) is 0. The SMILES string of the molecule is COC(=O)C1C(C)=NC2=C(C(=O)c3ccccc32)[C@@H]1c1ccc(OCc2ccc(C(=O)[O-])cc2)c(Cl)c1. The number of fused-ring (bicyclic) bond motifs is 2. The van der Waals surface area contributed by atoms with Crippen LogP contribution in [0.15, 0.2) is 77.3 Å². The number of aromatic carboxylic acids is 1. The molecule has 1 unspecified atom stereocenters. The Labute approximate surface area is 218 Å². The van der Waals surface area contributed by atoms with E-state index >= 15 is 0 Å². The van der Waals surface area contributed by atoms with Crippen LogP contribution in [0.25, 0.3) is 5.70 Å². The van der Waals surface area contributed by atoms with Crippen LogP contribution in [0, 0.1) is 5.92 Å². The van der Waals surface area contributed by atoms with Crippen molar-refractivity contribution in [2.75, 3.05) is 7.11 Å². The first-order chi connectivity index (χ1) is 17.8. The summed E-state index contributed by atoms with van der Waals surface area (Å²) >= 11 is 6.59. The molecule has 0 fully saturated rings. The third-order valence-electron chi connectivity index (χ3n) is 6.66. The molecule has 0 bridgehead atoms. The largest absolute Gasteiger partial charge is 0.545 e. The number of carboxylic acid groups (broad SMARTS) is 1. The van der Waals surface area contributed by atoms with Crippen LogP contribution in [-0.4, -0.2) is 30.5 Å². The smallest absolute Gasteiger partial charge is 0.315 e. The Balaban J connectivity index is 1.48. The van der Waals surface area contributed by atoms with Crippen molar-refractivity contribution in [3.05, 3.63) is 105 Å². The maximum Gasteiger partial charge on any atom is 0.315 e. The number of allylic oxidation sites excluding steroid dienone is 1. The van der Waals surface area contributed by atoms with Crippen LogP contribution < -0.4 is 9.84 Å². The van der Waals surface area contributed by atoms with E-state index < -0.39 is 23.8 Å². The maximum absolute atomic E-state index is 13.5. The molecular weight excluding hydrogens is 494 g/mol. The summed E-state index contributed by atoms with van der Waals surface area (Å²) in [6.07, 6.45) is 0. The monoisotopic (exact) mass is 514 g/mol. The first-order valence-corrected chi connectivity index (χ1v) is 11.9. The number of ketones is 1. The minimum atomic E-state index is -1.25. The highest BCUT2D eigenvalue weighted by atomic mass is 35.5. The maximum atomic E-state index is 13.5. The van der Waals surface area contributed by atoms with Gasteiger partial charge < -0.3 is 19.4 Å². The van der Waals surface area contributed by atoms with Gasteiger partial charge in [-0.2, -0.15) is 0 Å². The fourth-order valence-electron chi connectivity index (χ4n) is 4.87. The summed E-state index contributed by atoms with van der Waals surface area (Å²) in [7, 11) is 1.31. The molecule has 0 amide bonds. The van der Waals surface area contributed by atoms with Gasteiger partial charge in [-0.15, -0.1) is 0 Å². The number of carboxylic acids is 1. The number of ether oxygens (including phenoxy) is 2. The second-order valence-corrected chi connectivity index (χ2v) is 9.24. The number of halogens is 1. The third kappa shape index (κ3) is 4.32. The van der Waals surface area contributed by atoms with E-state index in [1.54, 1.807) is 49.4 Å². The van der Waals surface area contributed by atoms with E-state index in [9.17, 15) is 19.5 Å². The Morgan fingerprint density at radius 3 is 2.38 bits per heavy atom. The first kappa shape index (κ1) is 24.5. The van der Waals surface area contributed by atoms with Crippen LogP contribution in [-0.2, 0) is 16.1 Å². The molecule has 7 nitrogen and oxygen atoms in total. The number of carbonyl (C=O) groups is 3. The highest BCUT2D eigenvalue weighted by Crippen LogP contribution is 2.48. The van der Waals surface area contributed by atoms with Crippen molar-refractivity contribution in [3.63, 3.8) is 0 Å². The zero-order valence-electron chi connectivity index (χ0n) is 20.0. The normalized spacial score (nSPS) is 18.1. The number of benzene rings is 3. The van der Waals surface area contributed by atoms with Gasteiger partial charge in [0.25, 0.3) is 0 Å². The van der Waals surface area contributed by atoms with Crippen LogP contribution in [0.2, 0.25) is 5.02 Å². The van der Waals surface area contributed by atoms with Gasteiger partial charge in [0.2, 0.25) is 0 Å². The lowest BCUT2D eigenvalue weighted by Crippen LogP contribution is -2.34. The number of esters is 1. The Bertz CT molecular complexity index is 1510. The van der Waals surface area contributed by atoms with Crippen molar-refractivity contribution >= 4 is 40.7 Å². The van der Waals surface area contributed by atoms with E-state index in [4.69, 9.17) is 21.1 Å². The Hall–Kier alpha value is -4.23. The number of aliphatic imine (C=N–C) groups is 1. The number of rotatable bonds is 6. The second kappa shape index (κ2) is 9.67. The molecule has 0 saturated carbocycles. The van der Waals surface area contributed by atoms with Crippen molar-refractivity contribution in [2.24, 2.45) is 10.9 Å². The third-order valence-corrected chi connectivity index (χ3v) is 6.96. The molecule has 0 aromatic heterocycles. The van der Waals surface area contributed by atoms with Crippen molar-refractivity contribution in [2.45, 2.75) is 19.4 Å². The summed E-state index contributed by atoms with van der Waals surface area (Å²) in [4.78, 5) is 41.9. The predicted octanol–water partition coefficient (Wildman–Crippen LogP) is 4.24. The molecule has 2 aliphatic rings. The number of hydrogen-bond acceptors (Lipinski definition) is 7. The van der Waals surface area contributed by atoms with Gasteiger partial charge in [-0.25, -0.2) is 0 Å². The van der Waals surface area contributed by atoms with Gasteiger partial charge in [-0.1, -0.05) is 66.2 Å². The van der Waals surface area contributed by atoms with E-state index in [-0.39, 0.29) is 18.0 Å². The Kier molecular flexibility index (Phi) is 6.39.